The number of aromatic amines is 1. The summed E-state index contributed by atoms with van der Waals surface area (Å²) in [4.78, 5) is 32.0. The van der Waals surface area contributed by atoms with Crippen LogP contribution < -0.4 is 5.32 Å². The van der Waals surface area contributed by atoms with Crippen LogP contribution in [0, 0.1) is 0 Å². The number of para-hydroxylation sites is 1. The molecule has 4 rings (SSSR count). The van der Waals surface area contributed by atoms with Gasteiger partial charge in [-0.3, -0.25) is 14.7 Å². The van der Waals surface area contributed by atoms with Crippen LogP contribution in [0.3, 0.4) is 0 Å². The molecule has 3 heterocycles. The number of thioether (sulfide) groups is 1. The fourth-order valence-corrected chi connectivity index (χ4v) is 4.43. The average molecular weight is 357 g/mol. The van der Waals surface area contributed by atoms with Crippen molar-refractivity contribution in [3.8, 4) is 0 Å². The first kappa shape index (κ1) is 16.1. The molecule has 0 saturated carbocycles. The van der Waals surface area contributed by atoms with E-state index in [1.54, 1.807) is 0 Å². The first-order valence-corrected chi connectivity index (χ1v) is 9.28. The highest BCUT2D eigenvalue weighted by molar-refractivity contribution is 8.01. The van der Waals surface area contributed by atoms with Crippen LogP contribution in [-0.2, 0) is 9.59 Å². The summed E-state index contributed by atoms with van der Waals surface area (Å²) in [7, 11) is 0. The van der Waals surface area contributed by atoms with Gasteiger partial charge in [0.15, 0.2) is 0 Å². The smallest absolute Gasteiger partial charge is 0.238 e. The number of anilines is 1. The third-order valence-corrected chi connectivity index (χ3v) is 6.01. The normalized spacial score (nSPS) is 20.9. The summed E-state index contributed by atoms with van der Waals surface area (Å²) >= 11 is 1.47. The number of likely N-dealkylation sites (tertiary alicyclic amines) is 1. The number of carbonyl (C=O) groups is 2. The van der Waals surface area contributed by atoms with E-state index in [4.69, 9.17) is 0 Å². The SMILES string of the molecule is O=C1Nc2ccccc2SC1CC(=O)N1CCC(c2ncn[nH]2)CC1. The Morgan fingerprint density at radius 2 is 2.08 bits per heavy atom. The molecule has 1 aromatic carbocycles. The summed E-state index contributed by atoms with van der Waals surface area (Å²) in [5.41, 5.74) is 0.828. The van der Waals surface area contributed by atoms with Gasteiger partial charge in [-0.25, -0.2) is 4.98 Å². The second-order valence-electron chi connectivity index (χ2n) is 6.32. The minimum absolute atomic E-state index is 0.0445. The van der Waals surface area contributed by atoms with Crippen LogP contribution in [0.2, 0.25) is 0 Å². The molecule has 25 heavy (non-hydrogen) atoms. The zero-order valence-corrected chi connectivity index (χ0v) is 14.5. The van der Waals surface area contributed by atoms with Crippen LogP contribution >= 0.6 is 11.8 Å². The molecule has 130 valence electrons. The van der Waals surface area contributed by atoms with E-state index in [0.717, 1.165) is 29.2 Å². The van der Waals surface area contributed by atoms with Crippen molar-refractivity contribution in [3.63, 3.8) is 0 Å². The van der Waals surface area contributed by atoms with Gasteiger partial charge in [-0.15, -0.1) is 11.8 Å². The third-order valence-electron chi connectivity index (χ3n) is 4.73. The number of rotatable bonds is 3. The number of piperidine rings is 1. The quantitative estimate of drug-likeness (QED) is 0.877. The number of H-pyrrole nitrogens is 1. The molecule has 7 nitrogen and oxygen atoms in total. The third kappa shape index (κ3) is 3.39. The van der Waals surface area contributed by atoms with Crippen LogP contribution in [0.4, 0.5) is 5.69 Å². The Hall–Kier alpha value is -2.35. The maximum atomic E-state index is 12.6. The van der Waals surface area contributed by atoms with E-state index in [9.17, 15) is 9.59 Å². The first-order chi connectivity index (χ1) is 12.2. The summed E-state index contributed by atoms with van der Waals surface area (Å²) in [5.74, 6) is 1.17. The van der Waals surface area contributed by atoms with Crippen molar-refractivity contribution in [1.29, 1.82) is 0 Å². The molecule has 1 aromatic heterocycles. The lowest BCUT2D eigenvalue weighted by Crippen LogP contribution is -2.41. The van der Waals surface area contributed by atoms with E-state index in [-0.39, 0.29) is 23.5 Å². The second kappa shape index (κ2) is 6.87. The number of nitrogens with zero attached hydrogens (tertiary/aromatic N) is 3. The molecule has 8 heteroatoms. The standard InChI is InChI=1S/C17H19N5O2S/c23-15(22-7-5-11(6-8-22)16-18-10-19-21-16)9-14-17(24)20-12-3-1-2-4-13(12)25-14/h1-4,10-11,14H,5-9H2,(H,20,24)(H,18,19,21). The fourth-order valence-electron chi connectivity index (χ4n) is 3.33. The molecule has 1 fully saturated rings. The van der Waals surface area contributed by atoms with Crippen LogP contribution in [0.25, 0.3) is 0 Å². The van der Waals surface area contributed by atoms with Gasteiger partial charge in [-0.05, 0) is 25.0 Å². The van der Waals surface area contributed by atoms with Crippen LogP contribution in [0.15, 0.2) is 35.5 Å². The number of benzene rings is 1. The van der Waals surface area contributed by atoms with E-state index in [2.05, 4.69) is 20.5 Å². The highest BCUT2D eigenvalue weighted by Crippen LogP contribution is 2.37. The summed E-state index contributed by atoms with van der Waals surface area (Å²) < 4.78 is 0. The minimum atomic E-state index is -0.366. The Morgan fingerprint density at radius 3 is 2.84 bits per heavy atom. The van der Waals surface area contributed by atoms with Crippen LogP contribution in [0.1, 0.15) is 31.0 Å². The van der Waals surface area contributed by atoms with Gasteiger partial charge in [0.25, 0.3) is 0 Å². The van der Waals surface area contributed by atoms with Gasteiger partial charge in [-0.2, -0.15) is 5.10 Å². The van der Waals surface area contributed by atoms with E-state index in [0.29, 0.717) is 19.0 Å². The van der Waals surface area contributed by atoms with Crippen LogP contribution in [0.5, 0.6) is 0 Å². The number of hydrogen-bond donors (Lipinski definition) is 2. The molecular formula is C17H19N5O2S. The maximum Gasteiger partial charge on any atom is 0.238 e. The number of hydrogen-bond acceptors (Lipinski definition) is 5. The number of aromatic nitrogens is 3. The predicted molar refractivity (Wildman–Crippen MR) is 94.3 cm³/mol. The zero-order chi connectivity index (χ0) is 17.2. The lowest BCUT2D eigenvalue weighted by molar-refractivity contribution is -0.133. The Morgan fingerprint density at radius 1 is 1.28 bits per heavy atom. The van der Waals surface area contributed by atoms with Gasteiger partial charge in [0.1, 0.15) is 12.2 Å². The van der Waals surface area contributed by atoms with E-state index in [1.807, 2.05) is 29.2 Å². The van der Waals surface area contributed by atoms with Crippen molar-refractivity contribution >= 4 is 29.3 Å². The highest BCUT2D eigenvalue weighted by Gasteiger charge is 2.32. The summed E-state index contributed by atoms with van der Waals surface area (Å²) in [6.07, 6.45) is 3.49. The van der Waals surface area contributed by atoms with Crippen molar-refractivity contribution in [2.75, 3.05) is 18.4 Å². The van der Waals surface area contributed by atoms with Crippen molar-refractivity contribution in [1.82, 2.24) is 20.1 Å². The van der Waals surface area contributed by atoms with E-state index in [1.165, 1.54) is 18.1 Å². The lowest BCUT2D eigenvalue weighted by Gasteiger charge is -2.32. The molecule has 0 radical (unpaired) electrons. The van der Waals surface area contributed by atoms with Gasteiger partial charge in [0.05, 0.1) is 10.9 Å². The summed E-state index contributed by atoms with van der Waals surface area (Å²) in [5, 5.41) is 9.33. The molecule has 1 saturated heterocycles. The van der Waals surface area contributed by atoms with Crippen molar-refractivity contribution in [2.24, 2.45) is 0 Å². The lowest BCUT2D eigenvalue weighted by atomic mass is 9.96. The molecular weight excluding hydrogens is 338 g/mol. The average Bonchev–Trinajstić information content (AvgIpc) is 3.17. The molecule has 2 aliphatic heterocycles. The second-order valence-corrected chi connectivity index (χ2v) is 7.57. The molecule has 2 amide bonds. The van der Waals surface area contributed by atoms with Crippen LogP contribution in [-0.4, -0.2) is 50.2 Å². The first-order valence-electron chi connectivity index (χ1n) is 8.40. The topological polar surface area (TPSA) is 91.0 Å². The monoisotopic (exact) mass is 357 g/mol. The maximum absolute atomic E-state index is 12.6. The summed E-state index contributed by atoms with van der Waals surface area (Å²) in [6, 6.07) is 7.69. The molecule has 1 unspecified atom stereocenters. The van der Waals surface area contributed by atoms with Crippen molar-refractivity contribution in [2.45, 2.75) is 35.3 Å². The molecule has 1 atom stereocenters. The number of nitrogens with one attached hydrogen (secondary N) is 2. The molecule has 2 aromatic rings. The van der Waals surface area contributed by atoms with Gasteiger partial charge < -0.3 is 10.2 Å². The van der Waals surface area contributed by atoms with Gasteiger partial charge in [0.2, 0.25) is 11.8 Å². The molecule has 0 aliphatic carbocycles. The zero-order valence-electron chi connectivity index (χ0n) is 13.6. The summed E-state index contributed by atoms with van der Waals surface area (Å²) in [6.45, 7) is 1.39. The van der Waals surface area contributed by atoms with E-state index < -0.39 is 0 Å². The number of carbonyl (C=O) groups excluding carboxylic acids is 2. The van der Waals surface area contributed by atoms with Crippen molar-refractivity contribution in [3.05, 3.63) is 36.4 Å². The molecule has 0 spiro atoms. The van der Waals surface area contributed by atoms with Crippen molar-refractivity contribution < 1.29 is 9.59 Å². The number of amides is 2. The minimum Gasteiger partial charge on any atom is -0.343 e. The Bertz CT molecular complexity index is 771. The van der Waals surface area contributed by atoms with Gasteiger partial charge >= 0.3 is 0 Å². The molecule has 2 N–H and O–H groups in total. The van der Waals surface area contributed by atoms with Gasteiger partial charge in [-0.1, -0.05) is 12.1 Å². The molecule has 2 aliphatic rings. The Balaban J connectivity index is 1.34. The van der Waals surface area contributed by atoms with E-state index >= 15 is 0 Å². The predicted octanol–water partition coefficient (Wildman–Crippen LogP) is 2.01. The number of fused-ring (bicyclic) bond motifs is 1. The largest absolute Gasteiger partial charge is 0.343 e. The fraction of sp³-hybridized carbons (Fsp3) is 0.412. The van der Waals surface area contributed by atoms with Gasteiger partial charge in [0, 0.05) is 30.3 Å². The molecule has 0 bridgehead atoms. The Kier molecular flexibility index (Phi) is 4.44. The Labute approximate surface area is 149 Å². The highest BCUT2D eigenvalue weighted by atomic mass is 32.2.